The highest BCUT2D eigenvalue weighted by Gasteiger charge is 2.41. The van der Waals surface area contributed by atoms with Crippen LogP contribution in [-0.4, -0.2) is 11.9 Å². The van der Waals surface area contributed by atoms with Gasteiger partial charge in [-0.15, -0.1) is 0 Å². The van der Waals surface area contributed by atoms with E-state index in [1.807, 2.05) is 0 Å². The smallest absolute Gasteiger partial charge is 0.416 e. The zero-order valence-electron chi connectivity index (χ0n) is 12.5. The molecule has 0 radical (unpaired) electrons. The van der Waals surface area contributed by atoms with Gasteiger partial charge in [-0.1, -0.05) is 6.58 Å². The van der Waals surface area contributed by atoms with Gasteiger partial charge in [0.2, 0.25) is 0 Å². The monoisotopic (exact) mass is 292 g/mol. The maximum absolute atomic E-state index is 11.9. The fourth-order valence-electron chi connectivity index (χ4n) is 2.72. The lowest BCUT2D eigenvalue weighted by Crippen LogP contribution is -2.38. The summed E-state index contributed by atoms with van der Waals surface area (Å²) in [5.74, 6) is 1.11. The first-order valence-corrected chi connectivity index (χ1v) is 7.35. The molecule has 0 saturated heterocycles. The highest BCUT2D eigenvalue weighted by atomic mass is 16.9. The van der Waals surface area contributed by atoms with E-state index in [0.717, 1.165) is 50.0 Å². The van der Waals surface area contributed by atoms with Crippen LogP contribution in [0.3, 0.4) is 0 Å². The van der Waals surface area contributed by atoms with E-state index in [-0.39, 0.29) is 0 Å². The molecule has 0 amide bonds. The van der Waals surface area contributed by atoms with Crippen LogP contribution >= 0.6 is 0 Å². The lowest BCUT2D eigenvalue weighted by Gasteiger charge is -2.33. The van der Waals surface area contributed by atoms with Crippen molar-refractivity contribution in [2.24, 2.45) is 0 Å². The summed E-state index contributed by atoms with van der Waals surface area (Å²) in [7, 11) is 0. The van der Waals surface area contributed by atoms with Crippen LogP contribution in [0, 0.1) is 0 Å². The van der Waals surface area contributed by atoms with Crippen LogP contribution in [0.4, 0.5) is 0 Å². The first-order valence-electron chi connectivity index (χ1n) is 7.35. The van der Waals surface area contributed by atoms with Gasteiger partial charge in [-0.05, 0) is 19.8 Å². The van der Waals surface area contributed by atoms with Crippen LogP contribution in [0.25, 0.3) is 0 Å². The first kappa shape index (κ1) is 14.0. The third-order valence-corrected chi connectivity index (χ3v) is 3.73. The summed E-state index contributed by atoms with van der Waals surface area (Å²) in [5, 5.41) is 0. The Labute approximate surface area is 124 Å². The van der Waals surface area contributed by atoms with Gasteiger partial charge >= 0.3 is 11.9 Å². The van der Waals surface area contributed by atoms with Crippen molar-refractivity contribution in [1.29, 1.82) is 0 Å². The van der Waals surface area contributed by atoms with E-state index >= 15 is 0 Å². The zero-order valence-corrected chi connectivity index (χ0v) is 12.5. The molecule has 0 saturated carbocycles. The molecular weight excluding hydrogens is 272 g/mol. The second kappa shape index (κ2) is 5.13. The van der Waals surface area contributed by atoms with Crippen LogP contribution in [0.15, 0.2) is 35.2 Å². The van der Waals surface area contributed by atoms with Crippen LogP contribution in [-0.2, 0) is 23.7 Å². The normalized spacial score (nSPS) is 23.1. The number of ether oxygens (including phenoxy) is 4. The van der Waals surface area contributed by atoms with Gasteiger partial charge in [-0.25, -0.2) is 4.79 Å². The number of carbonyl (C=O) groups excluding carboxylic acids is 1. The van der Waals surface area contributed by atoms with Gasteiger partial charge in [0.15, 0.2) is 0 Å². The van der Waals surface area contributed by atoms with E-state index < -0.39 is 11.9 Å². The van der Waals surface area contributed by atoms with Crippen molar-refractivity contribution in [3.8, 4) is 0 Å². The van der Waals surface area contributed by atoms with Gasteiger partial charge in [-0.3, -0.25) is 0 Å². The van der Waals surface area contributed by atoms with Gasteiger partial charge < -0.3 is 18.9 Å². The molecule has 0 aromatic carbocycles. The topological polar surface area (TPSA) is 54.0 Å². The molecule has 21 heavy (non-hydrogen) atoms. The van der Waals surface area contributed by atoms with Crippen molar-refractivity contribution in [2.75, 3.05) is 0 Å². The highest BCUT2D eigenvalue weighted by Crippen LogP contribution is 2.41. The molecule has 3 aliphatic rings. The third kappa shape index (κ3) is 2.77. The van der Waals surface area contributed by atoms with E-state index in [1.165, 1.54) is 0 Å². The lowest BCUT2D eigenvalue weighted by molar-refractivity contribution is -0.325. The van der Waals surface area contributed by atoms with E-state index in [2.05, 4.69) is 6.58 Å². The SMILES string of the molecule is C=C(C)C(=O)OC1(C)OC2=C(CCC2)OC2=C(CCC2)O1. The molecule has 0 atom stereocenters. The maximum Gasteiger partial charge on any atom is 0.416 e. The molecule has 3 rings (SSSR count). The molecule has 1 heterocycles. The van der Waals surface area contributed by atoms with Crippen molar-refractivity contribution in [1.82, 2.24) is 0 Å². The van der Waals surface area contributed by atoms with Gasteiger partial charge in [0, 0.05) is 31.3 Å². The fraction of sp³-hybridized carbons (Fsp3) is 0.562. The van der Waals surface area contributed by atoms with Crippen LogP contribution in [0.2, 0.25) is 0 Å². The van der Waals surface area contributed by atoms with Crippen molar-refractivity contribution in [3.63, 3.8) is 0 Å². The van der Waals surface area contributed by atoms with Gasteiger partial charge in [0.25, 0.3) is 0 Å². The summed E-state index contributed by atoms with van der Waals surface area (Å²) in [6.07, 6.45) is 5.16. The van der Waals surface area contributed by atoms with Crippen LogP contribution < -0.4 is 0 Å². The minimum absolute atomic E-state index is 0.308. The summed E-state index contributed by atoms with van der Waals surface area (Å²) in [6, 6.07) is 0. The molecular formula is C16H20O5. The quantitative estimate of drug-likeness (QED) is 0.574. The van der Waals surface area contributed by atoms with Gasteiger partial charge in [0.1, 0.15) is 23.0 Å². The molecule has 1 aliphatic heterocycles. The summed E-state index contributed by atoms with van der Waals surface area (Å²) in [5.41, 5.74) is 0.308. The van der Waals surface area contributed by atoms with E-state index in [9.17, 15) is 4.79 Å². The standard InChI is InChI=1S/C16H20O5/c1-10(2)15(17)21-16(3)19-13-8-4-6-11(13)18-12-7-5-9-14(12)20-16/h1,4-9H2,2-3H3. The second-order valence-corrected chi connectivity index (χ2v) is 5.74. The Balaban J connectivity index is 1.91. The Bertz CT molecular complexity index is 523. The average Bonchev–Trinajstić information content (AvgIpc) is 2.99. The molecule has 0 spiro atoms. The maximum atomic E-state index is 11.9. The Morgan fingerprint density at radius 1 is 1.05 bits per heavy atom. The molecule has 2 aliphatic carbocycles. The Morgan fingerprint density at radius 2 is 1.52 bits per heavy atom. The molecule has 114 valence electrons. The molecule has 0 unspecified atom stereocenters. The lowest BCUT2D eigenvalue weighted by atomic mass is 10.3. The molecule has 0 fully saturated rings. The second-order valence-electron chi connectivity index (χ2n) is 5.74. The predicted octanol–water partition coefficient (Wildman–Crippen LogP) is 3.63. The summed E-state index contributed by atoms with van der Waals surface area (Å²) >= 11 is 0. The number of hydrogen-bond donors (Lipinski definition) is 0. The Morgan fingerprint density at radius 3 is 2.00 bits per heavy atom. The Kier molecular flexibility index (Phi) is 3.43. The summed E-state index contributed by atoms with van der Waals surface area (Å²) in [4.78, 5) is 11.9. The minimum Gasteiger partial charge on any atom is -0.459 e. The van der Waals surface area contributed by atoms with Crippen molar-refractivity contribution < 1.29 is 23.7 Å². The van der Waals surface area contributed by atoms with Crippen molar-refractivity contribution >= 4 is 5.97 Å². The first-order chi connectivity index (χ1) is 9.97. The summed E-state index contributed by atoms with van der Waals surface area (Å²) in [6.45, 7) is 6.80. The van der Waals surface area contributed by atoms with Gasteiger partial charge in [0.05, 0.1) is 6.92 Å². The molecule has 5 heteroatoms. The van der Waals surface area contributed by atoms with Crippen molar-refractivity contribution in [2.45, 2.75) is 58.3 Å². The van der Waals surface area contributed by atoms with Crippen LogP contribution in [0.5, 0.6) is 0 Å². The summed E-state index contributed by atoms with van der Waals surface area (Å²) < 4.78 is 23.0. The third-order valence-electron chi connectivity index (χ3n) is 3.73. The number of esters is 1. The van der Waals surface area contributed by atoms with Crippen LogP contribution in [0.1, 0.15) is 52.4 Å². The number of rotatable bonds is 2. The molecule has 0 aromatic heterocycles. The molecule has 0 aromatic rings. The molecule has 0 bridgehead atoms. The van der Waals surface area contributed by atoms with E-state index in [0.29, 0.717) is 17.1 Å². The number of carbonyl (C=O) groups is 1. The molecule has 5 nitrogen and oxygen atoms in total. The van der Waals surface area contributed by atoms with E-state index in [1.54, 1.807) is 13.8 Å². The minimum atomic E-state index is -1.46. The van der Waals surface area contributed by atoms with E-state index in [4.69, 9.17) is 18.9 Å². The molecule has 0 N–H and O–H groups in total. The predicted molar refractivity (Wildman–Crippen MR) is 74.3 cm³/mol. The largest absolute Gasteiger partial charge is 0.459 e. The average molecular weight is 292 g/mol. The number of hydrogen-bond acceptors (Lipinski definition) is 5. The highest BCUT2D eigenvalue weighted by molar-refractivity contribution is 5.87. The number of allylic oxidation sites excluding steroid dienone is 4. The van der Waals surface area contributed by atoms with Crippen molar-refractivity contribution in [3.05, 3.63) is 35.2 Å². The van der Waals surface area contributed by atoms with Gasteiger partial charge in [-0.2, -0.15) is 0 Å². The fourth-order valence-corrected chi connectivity index (χ4v) is 2.72. The zero-order chi connectivity index (χ0) is 15.0. The Hall–Kier alpha value is -1.91.